The topological polar surface area (TPSA) is 61.2 Å². The first-order chi connectivity index (χ1) is 9.96. The van der Waals surface area contributed by atoms with E-state index in [-0.39, 0.29) is 4.90 Å². The number of hydrogen-bond donors (Lipinski definition) is 0. The molecule has 0 saturated carbocycles. The molecule has 2 rings (SSSR count). The highest BCUT2D eigenvalue weighted by molar-refractivity contribution is 7.90. The van der Waals surface area contributed by atoms with Gasteiger partial charge < -0.3 is 4.74 Å². The van der Waals surface area contributed by atoms with Crippen molar-refractivity contribution < 1.29 is 13.2 Å². The van der Waals surface area contributed by atoms with E-state index in [4.69, 9.17) is 16.3 Å². The molecule has 0 radical (unpaired) electrons. The van der Waals surface area contributed by atoms with Crippen molar-refractivity contribution in [2.45, 2.75) is 31.6 Å². The highest BCUT2D eigenvalue weighted by atomic mass is 35.5. The van der Waals surface area contributed by atoms with Crippen LogP contribution in [0.1, 0.15) is 25.3 Å². The summed E-state index contributed by atoms with van der Waals surface area (Å²) in [4.78, 5) is 3.82. The van der Waals surface area contributed by atoms with Gasteiger partial charge in [0.25, 0.3) is 10.0 Å². The molecule has 1 aromatic carbocycles. The summed E-state index contributed by atoms with van der Waals surface area (Å²) in [6, 6.07) is 3.08. The van der Waals surface area contributed by atoms with Crippen molar-refractivity contribution in [2.24, 2.45) is 0 Å². The summed E-state index contributed by atoms with van der Waals surface area (Å²) < 4.78 is 31.9. The zero-order chi connectivity index (χ0) is 15.5. The van der Waals surface area contributed by atoms with Crippen molar-refractivity contribution in [3.8, 4) is 5.75 Å². The van der Waals surface area contributed by atoms with E-state index in [2.05, 4.69) is 4.98 Å². The second-order valence-corrected chi connectivity index (χ2v) is 6.87. The molecule has 2 aromatic rings. The molecule has 1 heterocycles. The minimum atomic E-state index is -3.76. The van der Waals surface area contributed by atoms with Crippen LogP contribution in [0.25, 0.3) is 0 Å². The normalized spacial score (nSPS) is 11.6. The summed E-state index contributed by atoms with van der Waals surface area (Å²) in [5, 5.41) is 0.386. The predicted molar refractivity (Wildman–Crippen MR) is 81.4 cm³/mol. The Hall–Kier alpha value is -1.53. The molecular formula is C14H17ClN2O3S. The number of hydrogen-bond acceptors (Lipinski definition) is 4. The Morgan fingerprint density at radius 1 is 1.38 bits per heavy atom. The minimum absolute atomic E-state index is 0.0483. The van der Waals surface area contributed by atoms with Gasteiger partial charge in [-0.2, -0.15) is 0 Å². The van der Waals surface area contributed by atoms with Gasteiger partial charge in [-0.05, 0) is 31.0 Å². The van der Waals surface area contributed by atoms with Gasteiger partial charge in [0.1, 0.15) is 17.0 Å². The molecular weight excluding hydrogens is 312 g/mol. The fourth-order valence-corrected chi connectivity index (χ4v) is 3.27. The molecule has 7 heteroatoms. The summed E-state index contributed by atoms with van der Waals surface area (Å²) in [7, 11) is -3.76. The van der Waals surface area contributed by atoms with Gasteiger partial charge in [0.05, 0.1) is 6.61 Å². The third-order valence-electron chi connectivity index (χ3n) is 3.02. The SMILES string of the molecule is CCCCOc1cc(C)c(Cl)cc1S(=O)(=O)n1ccnc1. The van der Waals surface area contributed by atoms with Gasteiger partial charge in [-0.25, -0.2) is 17.4 Å². The first-order valence-electron chi connectivity index (χ1n) is 6.63. The van der Waals surface area contributed by atoms with Crippen molar-refractivity contribution in [3.63, 3.8) is 0 Å². The number of imidazole rings is 1. The molecule has 0 aliphatic carbocycles. The number of aryl methyl sites for hydroxylation is 1. The maximum Gasteiger partial charge on any atom is 0.272 e. The number of nitrogens with zero attached hydrogens (tertiary/aromatic N) is 2. The van der Waals surface area contributed by atoms with Crippen LogP contribution < -0.4 is 4.74 Å². The van der Waals surface area contributed by atoms with E-state index in [0.717, 1.165) is 22.4 Å². The van der Waals surface area contributed by atoms with Gasteiger partial charge in [-0.15, -0.1) is 0 Å². The van der Waals surface area contributed by atoms with Crippen molar-refractivity contribution in [1.82, 2.24) is 8.96 Å². The minimum Gasteiger partial charge on any atom is -0.492 e. The summed E-state index contributed by atoms with van der Waals surface area (Å²) >= 11 is 6.07. The highest BCUT2D eigenvalue weighted by Crippen LogP contribution is 2.31. The Bertz CT molecular complexity index is 712. The maximum absolute atomic E-state index is 12.6. The molecule has 0 fully saturated rings. The molecule has 0 spiro atoms. The second-order valence-electron chi connectivity index (χ2n) is 4.65. The molecule has 0 unspecified atom stereocenters. The quantitative estimate of drug-likeness (QED) is 0.764. The van der Waals surface area contributed by atoms with E-state index < -0.39 is 10.0 Å². The van der Waals surface area contributed by atoms with Crippen LogP contribution in [-0.4, -0.2) is 24.0 Å². The van der Waals surface area contributed by atoms with Crippen LogP contribution in [-0.2, 0) is 10.0 Å². The van der Waals surface area contributed by atoms with Gasteiger partial charge in [-0.3, -0.25) is 0 Å². The molecule has 114 valence electrons. The number of aromatic nitrogens is 2. The van der Waals surface area contributed by atoms with Gasteiger partial charge in [-0.1, -0.05) is 24.9 Å². The first-order valence-corrected chi connectivity index (χ1v) is 8.45. The number of halogens is 1. The Kier molecular flexibility index (Phi) is 4.90. The molecule has 5 nitrogen and oxygen atoms in total. The smallest absolute Gasteiger partial charge is 0.272 e. The Balaban J connectivity index is 2.48. The lowest BCUT2D eigenvalue weighted by atomic mass is 10.2. The van der Waals surface area contributed by atoms with Gasteiger partial charge in [0.15, 0.2) is 0 Å². The van der Waals surface area contributed by atoms with Crippen LogP contribution in [0.2, 0.25) is 5.02 Å². The average molecular weight is 329 g/mol. The third kappa shape index (κ3) is 3.39. The summed E-state index contributed by atoms with van der Waals surface area (Å²) in [5.41, 5.74) is 0.771. The van der Waals surface area contributed by atoms with Gasteiger partial charge >= 0.3 is 0 Å². The third-order valence-corrected chi connectivity index (χ3v) is 5.07. The van der Waals surface area contributed by atoms with Crippen molar-refractivity contribution >= 4 is 21.6 Å². The lowest BCUT2D eigenvalue weighted by Gasteiger charge is -2.14. The summed E-state index contributed by atoms with van der Waals surface area (Å²) in [6.45, 7) is 4.31. The lowest BCUT2D eigenvalue weighted by molar-refractivity contribution is 0.301. The summed E-state index contributed by atoms with van der Waals surface area (Å²) in [6.07, 6.45) is 5.84. The molecule has 0 aliphatic heterocycles. The Labute approximate surface area is 129 Å². The second kappa shape index (κ2) is 6.49. The zero-order valence-corrected chi connectivity index (χ0v) is 13.5. The van der Waals surface area contributed by atoms with E-state index in [9.17, 15) is 8.42 Å². The lowest BCUT2D eigenvalue weighted by Crippen LogP contribution is -2.13. The van der Waals surface area contributed by atoms with E-state index in [1.54, 1.807) is 6.07 Å². The standard InChI is InChI=1S/C14H17ClN2O3S/c1-3-4-7-20-13-8-11(2)12(15)9-14(13)21(18,19)17-6-5-16-10-17/h5-6,8-10H,3-4,7H2,1-2H3. The van der Waals surface area contributed by atoms with Crippen LogP contribution in [0.5, 0.6) is 5.75 Å². The van der Waals surface area contributed by atoms with E-state index in [0.29, 0.717) is 17.4 Å². The average Bonchev–Trinajstić information content (AvgIpc) is 2.97. The Morgan fingerprint density at radius 2 is 2.14 bits per heavy atom. The predicted octanol–water partition coefficient (Wildman–Crippen LogP) is 3.26. The molecule has 0 amide bonds. The van der Waals surface area contributed by atoms with Crippen LogP contribution in [0.15, 0.2) is 35.7 Å². The van der Waals surface area contributed by atoms with Gasteiger partial charge in [0.2, 0.25) is 0 Å². The highest BCUT2D eigenvalue weighted by Gasteiger charge is 2.23. The monoisotopic (exact) mass is 328 g/mol. The molecule has 1 aromatic heterocycles. The van der Waals surface area contributed by atoms with Crippen LogP contribution in [0, 0.1) is 6.92 Å². The fraction of sp³-hybridized carbons (Fsp3) is 0.357. The number of benzene rings is 1. The van der Waals surface area contributed by atoms with E-state index in [1.807, 2.05) is 13.8 Å². The summed E-state index contributed by atoms with van der Waals surface area (Å²) in [5.74, 6) is 0.319. The van der Waals surface area contributed by atoms with Crippen LogP contribution in [0.3, 0.4) is 0 Å². The molecule has 0 saturated heterocycles. The molecule has 21 heavy (non-hydrogen) atoms. The number of unbranched alkanes of at least 4 members (excludes halogenated alkanes) is 1. The Morgan fingerprint density at radius 3 is 2.76 bits per heavy atom. The maximum atomic E-state index is 12.6. The zero-order valence-electron chi connectivity index (χ0n) is 11.9. The molecule has 0 N–H and O–H groups in total. The number of rotatable bonds is 6. The van der Waals surface area contributed by atoms with E-state index >= 15 is 0 Å². The molecule has 0 aliphatic rings. The fourth-order valence-electron chi connectivity index (χ4n) is 1.78. The van der Waals surface area contributed by atoms with E-state index in [1.165, 1.54) is 24.8 Å². The van der Waals surface area contributed by atoms with Crippen molar-refractivity contribution in [2.75, 3.05) is 6.61 Å². The molecule has 0 bridgehead atoms. The first kappa shape index (κ1) is 15.9. The van der Waals surface area contributed by atoms with Gasteiger partial charge in [0, 0.05) is 17.4 Å². The largest absolute Gasteiger partial charge is 0.492 e. The van der Waals surface area contributed by atoms with Crippen molar-refractivity contribution in [1.29, 1.82) is 0 Å². The van der Waals surface area contributed by atoms with Crippen LogP contribution >= 0.6 is 11.6 Å². The number of ether oxygens (including phenoxy) is 1. The van der Waals surface area contributed by atoms with Crippen molar-refractivity contribution in [3.05, 3.63) is 41.4 Å². The molecule has 0 atom stereocenters. The van der Waals surface area contributed by atoms with Crippen LogP contribution in [0.4, 0.5) is 0 Å².